The molecule has 1 aromatic carbocycles. The van der Waals surface area contributed by atoms with E-state index in [1.54, 1.807) is 24.3 Å². The number of carbonyl (C=O) groups excluding carboxylic acids is 1. The molecule has 1 atom stereocenters. The number of carbonyl (C=O) groups is 1. The second-order valence-electron chi connectivity index (χ2n) is 5.72. The summed E-state index contributed by atoms with van der Waals surface area (Å²) >= 11 is 0. The minimum absolute atomic E-state index is 0.000417. The van der Waals surface area contributed by atoms with Crippen molar-refractivity contribution in [3.05, 3.63) is 29.8 Å². The van der Waals surface area contributed by atoms with Crippen LogP contribution in [0.2, 0.25) is 0 Å². The molecule has 0 aliphatic carbocycles. The summed E-state index contributed by atoms with van der Waals surface area (Å²) in [5.41, 5.74) is 0.575. The average Bonchev–Trinajstić information content (AvgIpc) is 2.45. The standard InChI is InChI=1S/C17H24N2O2/c1-13(2)5-4-6-14(3)19-17(20)12-21-16-9-7-15(11-18)8-10-16/h7-10,13-14H,4-6,12H2,1-3H3,(H,19,20). The van der Waals surface area contributed by atoms with Crippen LogP contribution in [0.3, 0.4) is 0 Å². The van der Waals surface area contributed by atoms with Gasteiger partial charge in [0.1, 0.15) is 5.75 Å². The normalized spacial score (nSPS) is 11.8. The van der Waals surface area contributed by atoms with Gasteiger partial charge in [0.05, 0.1) is 11.6 Å². The summed E-state index contributed by atoms with van der Waals surface area (Å²) < 4.78 is 5.39. The van der Waals surface area contributed by atoms with Crippen molar-refractivity contribution in [1.29, 1.82) is 5.26 Å². The molecule has 0 saturated heterocycles. The van der Waals surface area contributed by atoms with E-state index in [1.807, 2.05) is 13.0 Å². The fourth-order valence-corrected chi connectivity index (χ4v) is 2.00. The molecule has 0 aliphatic rings. The summed E-state index contributed by atoms with van der Waals surface area (Å²) in [6.07, 6.45) is 3.29. The first-order valence-electron chi connectivity index (χ1n) is 7.43. The predicted octanol–water partition coefficient (Wildman–Crippen LogP) is 3.27. The van der Waals surface area contributed by atoms with E-state index in [2.05, 4.69) is 19.2 Å². The van der Waals surface area contributed by atoms with Gasteiger partial charge in [0, 0.05) is 6.04 Å². The molecule has 0 bridgehead atoms. The lowest BCUT2D eigenvalue weighted by molar-refractivity contribution is -0.123. The van der Waals surface area contributed by atoms with E-state index in [4.69, 9.17) is 10.00 Å². The van der Waals surface area contributed by atoms with Crippen molar-refractivity contribution in [2.45, 2.75) is 46.1 Å². The zero-order valence-corrected chi connectivity index (χ0v) is 13.1. The molecule has 4 nitrogen and oxygen atoms in total. The first kappa shape index (κ1) is 17.0. The Kier molecular flexibility index (Phi) is 7.31. The molecule has 1 N–H and O–H groups in total. The molecule has 0 spiro atoms. The van der Waals surface area contributed by atoms with Crippen molar-refractivity contribution in [1.82, 2.24) is 5.32 Å². The molecule has 0 aromatic heterocycles. The molecule has 114 valence electrons. The highest BCUT2D eigenvalue weighted by Gasteiger charge is 2.08. The third-order valence-corrected chi connectivity index (χ3v) is 3.18. The van der Waals surface area contributed by atoms with E-state index in [0.29, 0.717) is 17.2 Å². The minimum atomic E-state index is -0.114. The van der Waals surface area contributed by atoms with Gasteiger partial charge in [0.2, 0.25) is 0 Å². The molecule has 0 heterocycles. The Morgan fingerprint density at radius 2 is 1.90 bits per heavy atom. The lowest BCUT2D eigenvalue weighted by Crippen LogP contribution is -2.36. The summed E-state index contributed by atoms with van der Waals surface area (Å²) in [6, 6.07) is 8.93. The van der Waals surface area contributed by atoms with Gasteiger partial charge in [-0.1, -0.05) is 26.7 Å². The quantitative estimate of drug-likeness (QED) is 0.798. The zero-order chi connectivity index (χ0) is 15.7. The number of nitrogens with zero attached hydrogens (tertiary/aromatic N) is 1. The van der Waals surface area contributed by atoms with Gasteiger partial charge < -0.3 is 10.1 Å². The largest absolute Gasteiger partial charge is 0.484 e. The molecule has 1 rings (SSSR count). The van der Waals surface area contributed by atoms with Gasteiger partial charge in [-0.2, -0.15) is 5.26 Å². The topological polar surface area (TPSA) is 62.1 Å². The first-order valence-corrected chi connectivity index (χ1v) is 7.43. The number of nitrogens with one attached hydrogen (secondary N) is 1. The number of hydrogen-bond acceptors (Lipinski definition) is 3. The Bertz CT molecular complexity index is 475. The minimum Gasteiger partial charge on any atom is -0.484 e. The van der Waals surface area contributed by atoms with Gasteiger partial charge >= 0.3 is 0 Å². The Balaban J connectivity index is 2.25. The maximum absolute atomic E-state index is 11.8. The van der Waals surface area contributed by atoms with Gasteiger partial charge in [-0.05, 0) is 43.5 Å². The monoisotopic (exact) mass is 288 g/mol. The van der Waals surface area contributed by atoms with E-state index in [0.717, 1.165) is 12.8 Å². The van der Waals surface area contributed by atoms with E-state index >= 15 is 0 Å². The number of hydrogen-bond donors (Lipinski definition) is 1. The Hall–Kier alpha value is -2.02. The van der Waals surface area contributed by atoms with Gasteiger partial charge in [0.25, 0.3) is 5.91 Å². The van der Waals surface area contributed by atoms with Crippen LogP contribution in [-0.4, -0.2) is 18.6 Å². The van der Waals surface area contributed by atoms with Crippen molar-refractivity contribution >= 4 is 5.91 Å². The summed E-state index contributed by atoms with van der Waals surface area (Å²) in [7, 11) is 0. The third-order valence-electron chi connectivity index (χ3n) is 3.18. The van der Waals surface area contributed by atoms with Crippen LogP contribution < -0.4 is 10.1 Å². The zero-order valence-electron chi connectivity index (χ0n) is 13.1. The van der Waals surface area contributed by atoms with E-state index in [1.165, 1.54) is 6.42 Å². The van der Waals surface area contributed by atoms with Crippen molar-refractivity contribution in [2.24, 2.45) is 5.92 Å². The summed E-state index contributed by atoms with van der Waals surface area (Å²) in [4.78, 5) is 11.8. The summed E-state index contributed by atoms with van der Waals surface area (Å²) in [5.74, 6) is 1.18. The van der Waals surface area contributed by atoms with Crippen LogP contribution in [0.4, 0.5) is 0 Å². The summed E-state index contributed by atoms with van der Waals surface area (Å²) in [5, 5.41) is 11.6. The van der Waals surface area contributed by atoms with E-state index in [9.17, 15) is 4.79 Å². The predicted molar refractivity (Wildman–Crippen MR) is 82.9 cm³/mol. The Morgan fingerprint density at radius 1 is 1.24 bits per heavy atom. The van der Waals surface area contributed by atoms with Crippen LogP contribution in [0.5, 0.6) is 5.75 Å². The molecule has 1 aromatic rings. The molecule has 0 fully saturated rings. The highest BCUT2D eigenvalue weighted by Crippen LogP contribution is 2.11. The number of nitriles is 1. The fourth-order valence-electron chi connectivity index (χ4n) is 2.00. The average molecular weight is 288 g/mol. The molecule has 0 radical (unpaired) electrons. The Morgan fingerprint density at radius 3 is 2.48 bits per heavy atom. The smallest absolute Gasteiger partial charge is 0.258 e. The lowest BCUT2D eigenvalue weighted by Gasteiger charge is -2.15. The summed E-state index contributed by atoms with van der Waals surface area (Å²) in [6.45, 7) is 6.42. The van der Waals surface area contributed by atoms with Crippen LogP contribution in [0.15, 0.2) is 24.3 Å². The molecule has 1 unspecified atom stereocenters. The van der Waals surface area contributed by atoms with E-state index in [-0.39, 0.29) is 18.6 Å². The maximum Gasteiger partial charge on any atom is 0.258 e. The highest BCUT2D eigenvalue weighted by molar-refractivity contribution is 5.77. The number of rotatable bonds is 8. The number of benzene rings is 1. The van der Waals surface area contributed by atoms with Gasteiger partial charge in [0.15, 0.2) is 6.61 Å². The van der Waals surface area contributed by atoms with Crippen molar-refractivity contribution < 1.29 is 9.53 Å². The SMILES string of the molecule is CC(C)CCCC(C)NC(=O)COc1ccc(C#N)cc1. The molecule has 0 saturated carbocycles. The molecular formula is C17H24N2O2. The van der Waals surface area contributed by atoms with Crippen LogP contribution in [-0.2, 0) is 4.79 Å². The first-order chi connectivity index (χ1) is 10.0. The molecule has 21 heavy (non-hydrogen) atoms. The number of ether oxygens (including phenoxy) is 1. The third kappa shape index (κ3) is 7.36. The fraction of sp³-hybridized carbons (Fsp3) is 0.529. The van der Waals surface area contributed by atoms with Crippen LogP contribution in [0.25, 0.3) is 0 Å². The molecule has 1 amide bonds. The van der Waals surface area contributed by atoms with Crippen molar-refractivity contribution in [3.8, 4) is 11.8 Å². The maximum atomic E-state index is 11.8. The molecule has 0 aliphatic heterocycles. The molecular weight excluding hydrogens is 264 g/mol. The second kappa shape index (κ2) is 9.02. The van der Waals surface area contributed by atoms with Crippen LogP contribution >= 0.6 is 0 Å². The van der Waals surface area contributed by atoms with Gasteiger partial charge in [-0.25, -0.2) is 0 Å². The lowest BCUT2D eigenvalue weighted by atomic mass is 10.0. The highest BCUT2D eigenvalue weighted by atomic mass is 16.5. The van der Waals surface area contributed by atoms with Gasteiger partial charge in [-0.3, -0.25) is 4.79 Å². The van der Waals surface area contributed by atoms with Crippen LogP contribution in [0, 0.1) is 17.2 Å². The molecule has 4 heteroatoms. The number of amides is 1. The van der Waals surface area contributed by atoms with Crippen molar-refractivity contribution in [3.63, 3.8) is 0 Å². The van der Waals surface area contributed by atoms with Crippen molar-refractivity contribution in [2.75, 3.05) is 6.61 Å². The van der Waals surface area contributed by atoms with Crippen LogP contribution in [0.1, 0.15) is 45.6 Å². The van der Waals surface area contributed by atoms with E-state index < -0.39 is 0 Å². The van der Waals surface area contributed by atoms with Gasteiger partial charge in [-0.15, -0.1) is 0 Å². The Labute approximate surface area is 127 Å². The second-order valence-corrected chi connectivity index (χ2v) is 5.72.